The smallest absolute Gasteiger partial charge is 0.595 e. The molecule has 0 bridgehead atoms. The van der Waals surface area contributed by atoms with E-state index in [1.807, 2.05) is 66.8 Å². The second-order valence-electron chi connectivity index (χ2n) is 5.55. The van der Waals surface area contributed by atoms with Gasteiger partial charge in [-0.2, -0.15) is 18.2 Å². The normalized spacial score (nSPS) is 17.6. The second kappa shape index (κ2) is 9.11. The molecule has 5 heteroatoms. The molecule has 25 heavy (non-hydrogen) atoms. The first kappa shape index (κ1) is 18.8. The Morgan fingerprint density at radius 1 is 1.20 bits per heavy atom. The molecule has 2 aliphatic rings. The summed E-state index contributed by atoms with van der Waals surface area (Å²) in [5, 5.41) is 1.57. The van der Waals surface area contributed by atoms with E-state index in [1.54, 1.807) is 24.3 Å². The van der Waals surface area contributed by atoms with Crippen molar-refractivity contribution >= 4 is 5.91 Å². The van der Waals surface area contributed by atoms with Gasteiger partial charge in [-0.25, -0.2) is 12.1 Å². The average molecular weight is 373 g/mol. The molecule has 1 aromatic carbocycles. The first-order chi connectivity index (χ1) is 11.8. The van der Waals surface area contributed by atoms with Crippen LogP contribution in [0.5, 0.6) is 0 Å². The largest absolute Gasteiger partial charge is 2.00 e. The molecule has 2 heterocycles. The minimum Gasteiger partial charge on any atom is -0.595 e. The molecule has 1 amide bonds. The molecule has 0 N–H and O–H groups in total. The third-order valence-electron chi connectivity index (χ3n) is 3.88. The van der Waals surface area contributed by atoms with Crippen LogP contribution in [0.25, 0.3) is 5.43 Å². The number of nitrogens with zero attached hydrogens (tertiary/aromatic N) is 3. The maximum atomic E-state index is 11.7. The first-order valence-corrected chi connectivity index (χ1v) is 7.91. The fourth-order valence-corrected chi connectivity index (χ4v) is 2.71. The summed E-state index contributed by atoms with van der Waals surface area (Å²) in [6, 6.07) is 13.8. The fourth-order valence-electron chi connectivity index (χ4n) is 2.71. The van der Waals surface area contributed by atoms with E-state index in [2.05, 4.69) is 10.4 Å². The van der Waals surface area contributed by atoms with Crippen molar-refractivity contribution in [3.05, 3.63) is 101 Å². The van der Waals surface area contributed by atoms with Crippen LogP contribution in [0.1, 0.15) is 24.9 Å². The Bertz CT molecular complexity index is 732. The van der Waals surface area contributed by atoms with Gasteiger partial charge in [0.15, 0.2) is 0 Å². The van der Waals surface area contributed by atoms with Crippen molar-refractivity contribution in [2.75, 3.05) is 0 Å². The Morgan fingerprint density at radius 3 is 2.36 bits per heavy atom. The number of hydrogen-bond acceptors (Lipinski definition) is 2. The minimum atomic E-state index is -0.0385. The SMILES string of the molecule is CC(=O)N1[N-]C(=C2C=CC=C2)CC1c1ccncc1.[Fe+2].c1cc[cH-]c1. The molecule has 1 atom stereocenters. The van der Waals surface area contributed by atoms with Gasteiger partial charge in [0.1, 0.15) is 0 Å². The summed E-state index contributed by atoms with van der Waals surface area (Å²) in [6.07, 6.45) is 12.2. The van der Waals surface area contributed by atoms with Crippen LogP contribution < -0.4 is 0 Å². The van der Waals surface area contributed by atoms with Gasteiger partial charge in [0.25, 0.3) is 0 Å². The molecule has 0 radical (unpaired) electrons. The van der Waals surface area contributed by atoms with E-state index < -0.39 is 0 Å². The number of pyridine rings is 1. The Kier molecular flexibility index (Phi) is 6.87. The van der Waals surface area contributed by atoms with E-state index in [4.69, 9.17) is 0 Å². The van der Waals surface area contributed by atoms with E-state index in [0.717, 1.165) is 23.3 Å². The molecule has 1 aliphatic heterocycles. The van der Waals surface area contributed by atoms with Crippen molar-refractivity contribution in [3.8, 4) is 0 Å². The summed E-state index contributed by atoms with van der Waals surface area (Å²) in [6.45, 7) is 1.55. The summed E-state index contributed by atoms with van der Waals surface area (Å²) < 4.78 is 0. The van der Waals surface area contributed by atoms with Crippen molar-refractivity contribution in [2.24, 2.45) is 0 Å². The van der Waals surface area contributed by atoms with E-state index in [-0.39, 0.29) is 29.0 Å². The van der Waals surface area contributed by atoms with Gasteiger partial charge in [0, 0.05) is 25.4 Å². The van der Waals surface area contributed by atoms with Gasteiger partial charge in [-0.1, -0.05) is 24.3 Å². The maximum absolute atomic E-state index is 11.7. The molecule has 1 aliphatic carbocycles. The number of carbonyl (C=O) groups is 1. The molecule has 128 valence electrons. The third-order valence-corrected chi connectivity index (χ3v) is 3.88. The third kappa shape index (κ3) is 4.75. The molecule has 1 unspecified atom stereocenters. The summed E-state index contributed by atoms with van der Waals surface area (Å²) in [5.41, 5.74) is 7.58. The second-order valence-corrected chi connectivity index (χ2v) is 5.55. The zero-order valence-electron chi connectivity index (χ0n) is 13.9. The average Bonchev–Trinajstić information content (AvgIpc) is 3.37. The standard InChI is InChI=1S/C15H14N3O.C5H5.Fe/c1-11(19)18-15(13-6-8-16-9-7-13)10-14(17-18)12-4-2-3-5-12;1-2-4-5-3-1;/h2-9,15H,10H2,1H3;1-5H;/q2*-1;+2. The molecule has 0 saturated carbocycles. The van der Waals surface area contributed by atoms with E-state index in [0.29, 0.717) is 0 Å². The van der Waals surface area contributed by atoms with Crippen LogP contribution >= 0.6 is 0 Å². The predicted molar refractivity (Wildman–Crippen MR) is 94.8 cm³/mol. The molecule has 1 aromatic heterocycles. The van der Waals surface area contributed by atoms with E-state index in [1.165, 1.54) is 0 Å². The van der Waals surface area contributed by atoms with Crippen molar-refractivity contribution in [3.63, 3.8) is 0 Å². The van der Waals surface area contributed by atoms with Crippen LogP contribution in [0.2, 0.25) is 0 Å². The van der Waals surface area contributed by atoms with Crippen LogP contribution in [0.3, 0.4) is 0 Å². The topological polar surface area (TPSA) is 47.3 Å². The molecule has 2 aromatic rings. The number of aromatic nitrogens is 1. The maximum Gasteiger partial charge on any atom is 2.00 e. The van der Waals surface area contributed by atoms with E-state index >= 15 is 0 Å². The van der Waals surface area contributed by atoms with Crippen molar-refractivity contribution < 1.29 is 21.9 Å². The number of rotatable bonds is 1. The molecule has 4 nitrogen and oxygen atoms in total. The van der Waals surface area contributed by atoms with Gasteiger partial charge in [0.05, 0.1) is 0 Å². The van der Waals surface area contributed by atoms with Crippen LogP contribution in [0, 0.1) is 0 Å². The Labute approximate surface area is 158 Å². The molecule has 1 saturated heterocycles. The molecular weight excluding hydrogens is 354 g/mol. The number of allylic oxidation sites excluding steroid dienone is 5. The number of hydrogen-bond donors (Lipinski definition) is 0. The molecule has 1 fully saturated rings. The van der Waals surface area contributed by atoms with Crippen molar-refractivity contribution in [1.29, 1.82) is 0 Å². The number of amides is 1. The van der Waals surface area contributed by atoms with Gasteiger partial charge < -0.3 is 10.4 Å². The van der Waals surface area contributed by atoms with Crippen molar-refractivity contribution in [2.45, 2.75) is 19.4 Å². The van der Waals surface area contributed by atoms with E-state index in [9.17, 15) is 4.79 Å². The Morgan fingerprint density at radius 2 is 1.84 bits per heavy atom. The Balaban J connectivity index is 0.000000325. The van der Waals surface area contributed by atoms with Crippen LogP contribution in [-0.2, 0) is 21.9 Å². The molecule has 4 rings (SSSR count). The summed E-state index contributed by atoms with van der Waals surface area (Å²) >= 11 is 0. The van der Waals surface area contributed by atoms with Gasteiger partial charge in [-0.3, -0.25) is 9.78 Å². The zero-order valence-corrected chi connectivity index (χ0v) is 15.0. The first-order valence-electron chi connectivity index (χ1n) is 7.91. The number of carbonyl (C=O) groups excluding carboxylic acids is 1. The summed E-state index contributed by atoms with van der Waals surface area (Å²) in [4.78, 5) is 15.8. The van der Waals surface area contributed by atoms with Gasteiger partial charge >= 0.3 is 17.1 Å². The zero-order chi connectivity index (χ0) is 16.8. The van der Waals surface area contributed by atoms with Gasteiger partial charge in [-0.05, 0) is 29.7 Å². The van der Waals surface area contributed by atoms with Gasteiger partial charge in [-0.15, -0.1) is 5.70 Å². The van der Waals surface area contributed by atoms with Gasteiger partial charge in [0.2, 0.25) is 5.91 Å². The Hall–Kier alpha value is -2.49. The van der Waals surface area contributed by atoms with Crippen LogP contribution in [-0.4, -0.2) is 15.9 Å². The van der Waals surface area contributed by atoms with Crippen LogP contribution in [0.4, 0.5) is 0 Å². The predicted octanol–water partition coefficient (Wildman–Crippen LogP) is 4.45. The van der Waals surface area contributed by atoms with Crippen molar-refractivity contribution in [1.82, 2.24) is 9.99 Å². The molecule has 0 spiro atoms. The minimum absolute atomic E-state index is 0. The monoisotopic (exact) mass is 373 g/mol. The summed E-state index contributed by atoms with van der Waals surface area (Å²) in [7, 11) is 0. The molecular formula is C20H19FeN3O. The fraction of sp³-hybridized carbons (Fsp3) is 0.150. The van der Waals surface area contributed by atoms with Crippen LogP contribution in [0.15, 0.2) is 90.4 Å². The summed E-state index contributed by atoms with van der Waals surface area (Å²) in [5.74, 6) is -0.0385. The quantitative estimate of drug-likeness (QED) is 0.548.